The molecule has 0 saturated carbocycles. The van der Waals surface area contributed by atoms with Crippen LogP contribution in [0.1, 0.15) is 43.4 Å². The lowest BCUT2D eigenvalue weighted by Gasteiger charge is -2.24. The van der Waals surface area contributed by atoms with Crippen LogP contribution in [-0.2, 0) is 4.79 Å². The summed E-state index contributed by atoms with van der Waals surface area (Å²) in [6, 6.07) is 11.0. The zero-order chi connectivity index (χ0) is 19.0. The first-order valence-electron chi connectivity index (χ1n) is 8.48. The largest absolute Gasteiger partial charge is 0.508 e. The fourth-order valence-electron chi connectivity index (χ4n) is 3.07. The van der Waals surface area contributed by atoms with Crippen LogP contribution in [0, 0.1) is 6.92 Å². The van der Waals surface area contributed by atoms with Gasteiger partial charge in [-0.2, -0.15) is 4.99 Å². The molecule has 0 aromatic heterocycles. The molecule has 1 heterocycles. The van der Waals surface area contributed by atoms with Crippen LogP contribution in [0.4, 0.5) is 5.69 Å². The number of hydrogen-bond donors (Lipinski definition) is 1. The molecule has 0 fully saturated rings. The van der Waals surface area contributed by atoms with Gasteiger partial charge in [0.15, 0.2) is 0 Å². The molecule has 134 valence electrons. The molecule has 4 nitrogen and oxygen atoms in total. The number of halogens is 1. The number of hydrogen-bond acceptors (Lipinski definition) is 3. The van der Waals surface area contributed by atoms with Gasteiger partial charge in [0.2, 0.25) is 0 Å². The summed E-state index contributed by atoms with van der Waals surface area (Å²) in [6.45, 7) is 7.76. The summed E-state index contributed by atoms with van der Waals surface area (Å²) in [4.78, 5) is 18.4. The Hall–Kier alpha value is -2.59. The van der Waals surface area contributed by atoms with Gasteiger partial charge in [0.05, 0.1) is 5.69 Å². The number of aliphatic imine (C=N–C) groups is 1. The molecule has 26 heavy (non-hydrogen) atoms. The molecule has 0 bridgehead atoms. The van der Waals surface area contributed by atoms with Gasteiger partial charge in [0.1, 0.15) is 17.3 Å². The van der Waals surface area contributed by atoms with Gasteiger partial charge in [0.25, 0.3) is 5.91 Å². The molecule has 1 N–H and O–H groups in total. The highest BCUT2D eigenvalue weighted by molar-refractivity contribution is 6.30. The first-order valence-corrected chi connectivity index (χ1v) is 8.86. The second kappa shape index (κ2) is 6.96. The van der Waals surface area contributed by atoms with Crippen molar-refractivity contribution in [1.29, 1.82) is 0 Å². The number of anilines is 1. The Balaban J connectivity index is 2.12. The quantitative estimate of drug-likeness (QED) is 0.749. The molecule has 0 aliphatic carbocycles. The first-order chi connectivity index (χ1) is 12.3. The maximum absolute atomic E-state index is 12.5. The molecule has 1 amide bonds. The molecule has 1 aliphatic heterocycles. The zero-order valence-corrected chi connectivity index (χ0v) is 16.0. The number of rotatable bonds is 3. The average molecular weight is 369 g/mol. The van der Waals surface area contributed by atoms with Crippen LogP contribution >= 0.6 is 11.6 Å². The summed E-state index contributed by atoms with van der Waals surface area (Å²) in [5.74, 6) is 0.757. The standard InChI is InChI=1S/C21H21ClN2O2/c1-12(2)17-11-18(13(3)9-20(17)25)24-14(4)23-21(26)19(24)10-15-5-7-16(22)8-6-15/h5-12,25H,1-4H3/b19-10-. The molecule has 0 spiro atoms. The number of carbonyl (C=O) groups excluding carboxylic acids is 1. The highest BCUT2D eigenvalue weighted by Crippen LogP contribution is 2.36. The van der Waals surface area contributed by atoms with E-state index in [1.54, 1.807) is 24.3 Å². The Kier molecular flexibility index (Phi) is 4.88. The van der Waals surface area contributed by atoms with Gasteiger partial charge >= 0.3 is 0 Å². The molecule has 0 radical (unpaired) electrons. The van der Waals surface area contributed by atoms with Crippen LogP contribution in [-0.4, -0.2) is 16.8 Å². The van der Waals surface area contributed by atoms with E-state index in [9.17, 15) is 9.90 Å². The Morgan fingerprint density at radius 2 is 1.81 bits per heavy atom. The molecule has 3 rings (SSSR count). The van der Waals surface area contributed by atoms with Crippen molar-refractivity contribution in [2.75, 3.05) is 4.90 Å². The third-order valence-corrected chi connectivity index (χ3v) is 4.68. The van der Waals surface area contributed by atoms with Crippen molar-refractivity contribution in [2.45, 2.75) is 33.6 Å². The fourth-order valence-corrected chi connectivity index (χ4v) is 3.20. The third-order valence-electron chi connectivity index (χ3n) is 4.43. The molecule has 1 aliphatic rings. The van der Waals surface area contributed by atoms with E-state index in [4.69, 9.17) is 11.6 Å². The number of phenolic OH excluding ortho intramolecular Hbond substituents is 1. The highest BCUT2D eigenvalue weighted by atomic mass is 35.5. The predicted molar refractivity (Wildman–Crippen MR) is 107 cm³/mol. The van der Waals surface area contributed by atoms with Crippen LogP contribution < -0.4 is 4.90 Å². The van der Waals surface area contributed by atoms with E-state index in [0.29, 0.717) is 16.6 Å². The van der Waals surface area contributed by atoms with Crippen LogP contribution in [0.3, 0.4) is 0 Å². The van der Waals surface area contributed by atoms with Crippen LogP contribution in [0.15, 0.2) is 47.1 Å². The number of benzene rings is 2. The van der Waals surface area contributed by atoms with Gasteiger partial charge in [0, 0.05) is 5.02 Å². The second-order valence-corrected chi connectivity index (χ2v) is 7.17. The minimum atomic E-state index is -0.281. The number of amides is 1. The minimum absolute atomic E-state index is 0.161. The lowest BCUT2D eigenvalue weighted by Crippen LogP contribution is -2.25. The Morgan fingerprint density at radius 1 is 1.15 bits per heavy atom. The van der Waals surface area contributed by atoms with Crippen molar-refractivity contribution in [3.8, 4) is 5.75 Å². The molecular weight excluding hydrogens is 348 g/mol. The lowest BCUT2D eigenvalue weighted by atomic mass is 9.98. The molecule has 0 atom stereocenters. The molecule has 0 saturated heterocycles. The number of amidine groups is 1. The monoisotopic (exact) mass is 368 g/mol. The normalized spacial score (nSPS) is 15.9. The fraction of sp³-hybridized carbons (Fsp3) is 0.238. The van der Waals surface area contributed by atoms with Crippen molar-refractivity contribution >= 4 is 35.1 Å². The summed E-state index contributed by atoms with van der Waals surface area (Å²) in [7, 11) is 0. The highest BCUT2D eigenvalue weighted by Gasteiger charge is 2.30. The molecule has 5 heteroatoms. The van der Waals surface area contributed by atoms with Crippen molar-refractivity contribution < 1.29 is 9.90 Å². The summed E-state index contributed by atoms with van der Waals surface area (Å²) in [6.07, 6.45) is 1.81. The lowest BCUT2D eigenvalue weighted by molar-refractivity contribution is -0.113. The van der Waals surface area contributed by atoms with E-state index in [-0.39, 0.29) is 17.6 Å². The number of aromatic hydroxyl groups is 1. The SMILES string of the molecule is CC1=NC(=O)/C(=C/c2ccc(Cl)cc2)N1c1cc(C(C)C)c(O)cc1C. The first kappa shape index (κ1) is 18.2. The Bertz CT molecular complexity index is 928. The summed E-state index contributed by atoms with van der Waals surface area (Å²) < 4.78 is 0. The molecule has 2 aromatic carbocycles. The van der Waals surface area contributed by atoms with Crippen molar-refractivity contribution in [2.24, 2.45) is 4.99 Å². The van der Waals surface area contributed by atoms with Gasteiger partial charge in [-0.15, -0.1) is 0 Å². The topological polar surface area (TPSA) is 52.9 Å². The van der Waals surface area contributed by atoms with Gasteiger partial charge < -0.3 is 5.11 Å². The van der Waals surface area contributed by atoms with Crippen molar-refractivity contribution in [1.82, 2.24) is 0 Å². The van der Waals surface area contributed by atoms with E-state index in [1.165, 1.54) is 0 Å². The minimum Gasteiger partial charge on any atom is -0.508 e. The number of carbonyl (C=O) groups is 1. The predicted octanol–water partition coefficient (Wildman–Crippen LogP) is 5.28. The number of nitrogens with zero attached hydrogens (tertiary/aromatic N) is 2. The maximum atomic E-state index is 12.5. The van der Waals surface area contributed by atoms with E-state index in [0.717, 1.165) is 22.4 Å². The summed E-state index contributed by atoms with van der Waals surface area (Å²) >= 11 is 5.94. The van der Waals surface area contributed by atoms with E-state index in [1.807, 2.05) is 50.8 Å². The zero-order valence-electron chi connectivity index (χ0n) is 15.2. The summed E-state index contributed by atoms with van der Waals surface area (Å²) in [5, 5.41) is 10.9. The Morgan fingerprint density at radius 3 is 2.42 bits per heavy atom. The number of phenols is 1. The van der Waals surface area contributed by atoms with Crippen LogP contribution in [0.25, 0.3) is 6.08 Å². The second-order valence-electron chi connectivity index (χ2n) is 6.73. The van der Waals surface area contributed by atoms with Gasteiger partial charge in [-0.3, -0.25) is 9.69 Å². The van der Waals surface area contributed by atoms with Crippen molar-refractivity contribution in [3.05, 3.63) is 63.8 Å². The molecular formula is C21H21ClN2O2. The molecule has 2 aromatic rings. The third kappa shape index (κ3) is 3.37. The van der Waals surface area contributed by atoms with Crippen LogP contribution in [0.5, 0.6) is 5.75 Å². The van der Waals surface area contributed by atoms with E-state index in [2.05, 4.69) is 4.99 Å². The van der Waals surface area contributed by atoms with Crippen molar-refractivity contribution in [3.63, 3.8) is 0 Å². The van der Waals surface area contributed by atoms with Crippen LogP contribution in [0.2, 0.25) is 5.02 Å². The van der Waals surface area contributed by atoms with E-state index < -0.39 is 0 Å². The summed E-state index contributed by atoms with van der Waals surface area (Å²) in [5.41, 5.74) is 3.90. The smallest absolute Gasteiger partial charge is 0.295 e. The molecule has 0 unspecified atom stereocenters. The Labute approximate surface area is 158 Å². The van der Waals surface area contributed by atoms with Gasteiger partial charge in [-0.1, -0.05) is 37.6 Å². The number of aryl methyl sites for hydroxylation is 1. The van der Waals surface area contributed by atoms with Gasteiger partial charge in [-0.25, -0.2) is 0 Å². The average Bonchev–Trinajstić information content (AvgIpc) is 2.83. The van der Waals surface area contributed by atoms with Gasteiger partial charge in [-0.05, 0) is 66.8 Å². The van der Waals surface area contributed by atoms with E-state index >= 15 is 0 Å². The maximum Gasteiger partial charge on any atom is 0.295 e.